The van der Waals surface area contributed by atoms with E-state index in [-0.39, 0.29) is 11.9 Å². The highest BCUT2D eigenvalue weighted by Crippen LogP contribution is 2.33. The molecule has 0 aliphatic heterocycles. The van der Waals surface area contributed by atoms with Crippen molar-refractivity contribution in [3.8, 4) is 5.75 Å². The van der Waals surface area contributed by atoms with Crippen LogP contribution < -0.4 is 10.5 Å². The van der Waals surface area contributed by atoms with Gasteiger partial charge in [0.2, 0.25) is 0 Å². The monoisotopic (exact) mass is 286 g/mol. The van der Waals surface area contributed by atoms with E-state index in [0.717, 1.165) is 18.6 Å². The first-order valence-corrected chi connectivity index (χ1v) is 6.96. The van der Waals surface area contributed by atoms with Gasteiger partial charge < -0.3 is 19.8 Å². The summed E-state index contributed by atoms with van der Waals surface area (Å²) in [5.41, 5.74) is 6.84. The molecule has 21 heavy (non-hydrogen) atoms. The van der Waals surface area contributed by atoms with Crippen LogP contribution in [0.3, 0.4) is 0 Å². The first-order valence-electron chi connectivity index (χ1n) is 6.96. The van der Waals surface area contributed by atoms with Gasteiger partial charge in [0.15, 0.2) is 0 Å². The van der Waals surface area contributed by atoms with Crippen LogP contribution in [0, 0.1) is 0 Å². The van der Waals surface area contributed by atoms with Gasteiger partial charge in [-0.3, -0.25) is 4.79 Å². The predicted octanol–water partition coefficient (Wildman–Crippen LogP) is 2.68. The number of anilines is 1. The molecule has 1 aromatic heterocycles. The average molecular weight is 286 g/mol. The lowest BCUT2D eigenvalue weighted by atomic mass is 10.1. The summed E-state index contributed by atoms with van der Waals surface area (Å²) in [5, 5.41) is 0. The largest absolute Gasteiger partial charge is 0.496 e. The second-order valence-electron chi connectivity index (χ2n) is 5.17. The maximum Gasteiger partial charge on any atom is 0.260 e. The second kappa shape index (κ2) is 5.52. The summed E-state index contributed by atoms with van der Waals surface area (Å²) < 4.78 is 10.6. The van der Waals surface area contributed by atoms with Crippen molar-refractivity contribution in [3.63, 3.8) is 0 Å². The number of carbonyl (C=O) groups excluding carboxylic acids is 1. The average Bonchev–Trinajstić information content (AvgIpc) is 3.20. The fourth-order valence-corrected chi connectivity index (χ4v) is 2.41. The number of benzene rings is 1. The summed E-state index contributed by atoms with van der Waals surface area (Å²) in [6.07, 6.45) is 3.64. The summed E-state index contributed by atoms with van der Waals surface area (Å²) in [6.45, 7) is 0.452. The molecule has 0 radical (unpaired) electrons. The molecule has 2 N–H and O–H groups in total. The Morgan fingerprint density at radius 3 is 2.81 bits per heavy atom. The third-order valence-electron chi connectivity index (χ3n) is 3.65. The molecule has 3 rings (SSSR count). The standard InChI is InChI=1S/C16H18N2O3/c1-20-14-6-2-5-13(17)15(14)16(19)18(11-7-8-11)10-12-4-3-9-21-12/h2-6,9,11H,7-8,10,17H2,1H3. The molecule has 110 valence electrons. The van der Waals surface area contributed by atoms with Crippen LogP contribution in [0.25, 0.3) is 0 Å². The van der Waals surface area contributed by atoms with Crippen LogP contribution in [0.1, 0.15) is 29.0 Å². The smallest absolute Gasteiger partial charge is 0.260 e. The number of nitrogen functional groups attached to an aromatic ring is 1. The van der Waals surface area contributed by atoms with Crippen LogP contribution >= 0.6 is 0 Å². The highest BCUT2D eigenvalue weighted by atomic mass is 16.5. The Morgan fingerprint density at radius 2 is 2.19 bits per heavy atom. The molecule has 0 bridgehead atoms. The summed E-state index contributed by atoms with van der Waals surface area (Å²) in [7, 11) is 1.54. The predicted molar refractivity (Wildman–Crippen MR) is 79.0 cm³/mol. The molecule has 5 nitrogen and oxygen atoms in total. The molecule has 1 fully saturated rings. The molecule has 1 aliphatic rings. The Hall–Kier alpha value is -2.43. The number of furan rings is 1. The van der Waals surface area contributed by atoms with Gasteiger partial charge in [0.25, 0.3) is 5.91 Å². The van der Waals surface area contributed by atoms with Crippen LogP contribution in [0.5, 0.6) is 5.75 Å². The van der Waals surface area contributed by atoms with E-state index in [1.165, 1.54) is 0 Å². The van der Waals surface area contributed by atoms with Gasteiger partial charge in [0.1, 0.15) is 17.1 Å². The molecule has 0 saturated heterocycles. The number of nitrogens with zero attached hydrogens (tertiary/aromatic N) is 1. The van der Waals surface area contributed by atoms with E-state index in [4.69, 9.17) is 14.9 Å². The third kappa shape index (κ3) is 2.72. The molecule has 1 heterocycles. The van der Waals surface area contributed by atoms with E-state index in [0.29, 0.717) is 23.5 Å². The van der Waals surface area contributed by atoms with Gasteiger partial charge >= 0.3 is 0 Å². The number of carbonyl (C=O) groups is 1. The van der Waals surface area contributed by atoms with Crippen molar-refractivity contribution < 1.29 is 13.9 Å². The number of hydrogen-bond acceptors (Lipinski definition) is 4. The normalized spacial score (nSPS) is 14.0. The fraction of sp³-hybridized carbons (Fsp3) is 0.312. The van der Waals surface area contributed by atoms with Gasteiger partial charge in [-0.25, -0.2) is 0 Å². The minimum Gasteiger partial charge on any atom is -0.496 e. The zero-order valence-corrected chi connectivity index (χ0v) is 11.9. The van der Waals surface area contributed by atoms with Crippen molar-refractivity contribution in [2.75, 3.05) is 12.8 Å². The number of amides is 1. The molecule has 5 heteroatoms. The number of ether oxygens (including phenoxy) is 1. The summed E-state index contributed by atoms with van der Waals surface area (Å²) >= 11 is 0. The van der Waals surface area contributed by atoms with Crippen molar-refractivity contribution in [1.29, 1.82) is 0 Å². The highest BCUT2D eigenvalue weighted by Gasteiger charge is 2.35. The van der Waals surface area contributed by atoms with E-state index in [1.807, 2.05) is 17.0 Å². The lowest BCUT2D eigenvalue weighted by molar-refractivity contribution is 0.0715. The second-order valence-corrected chi connectivity index (χ2v) is 5.17. The van der Waals surface area contributed by atoms with Gasteiger partial charge in [0, 0.05) is 11.7 Å². The minimum atomic E-state index is -0.108. The van der Waals surface area contributed by atoms with E-state index < -0.39 is 0 Å². The zero-order valence-electron chi connectivity index (χ0n) is 11.9. The van der Waals surface area contributed by atoms with Gasteiger partial charge in [-0.2, -0.15) is 0 Å². The molecule has 0 unspecified atom stereocenters. The third-order valence-corrected chi connectivity index (χ3v) is 3.65. The van der Waals surface area contributed by atoms with Crippen LogP contribution in [-0.4, -0.2) is 24.0 Å². The minimum absolute atomic E-state index is 0.108. The van der Waals surface area contributed by atoms with E-state index in [9.17, 15) is 4.79 Å². The van der Waals surface area contributed by atoms with Crippen molar-refractivity contribution in [1.82, 2.24) is 4.90 Å². The summed E-state index contributed by atoms with van der Waals surface area (Å²) in [6, 6.07) is 9.19. The quantitative estimate of drug-likeness (QED) is 0.858. The Morgan fingerprint density at radius 1 is 1.38 bits per heavy atom. The van der Waals surface area contributed by atoms with Crippen LogP contribution in [0.4, 0.5) is 5.69 Å². The van der Waals surface area contributed by atoms with Crippen LogP contribution in [0.2, 0.25) is 0 Å². The molecule has 0 atom stereocenters. The molecule has 1 saturated carbocycles. The Balaban J connectivity index is 1.91. The number of rotatable bonds is 5. The van der Waals surface area contributed by atoms with Crippen molar-refractivity contribution in [3.05, 3.63) is 47.9 Å². The van der Waals surface area contributed by atoms with Crippen LogP contribution in [-0.2, 0) is 6.54 Å². The molecular formula is C16H18N2O3. The van der Waals surface area contributed by atoms with E-state index in [1.54, 1.807) is 31.6 Å². The topological polar surface area (TPSA) is 68.7 Å². The van der Waals surface area contributed by atoms with Crippen LogP contribution in [0.15, 0.2) is 41.0 Å². The molecular weight excluding hydrogens is 268 g/mol. The molecule has 0 spiro atoms. The Bertz CT molecular complexity index is 633. The first-order chi connectivity index (χ1) is 10.2. The molecule has 1 aromatic carbocycles. The number of nitrogens with two attached hydrogens (primary N) is 1. The van der Waals surface area contributed by atoms with Gasteiger partial charge in [0.05, 0.1) is 19.9 Å². The lowest BCUT2D eigenvalue weighted by Crippen LogP contribution is -2.33. The maximum absolute atomic E-state index is 12.9. The van der Waals surface area contributed by atoms with Gasteiger partial charge in [-0.15, -0.1) is 0 Å². The number of hydrogen-bond donors (Lipinski definition) is 1. The fourth-order valence-electron chi connectivity index (χ4n) is 2.41. The van der Waals surface area contributed by atoms with Crippen molar-refractivity contribution in [2.45, 2.75) is 25.4 Å². The van der Waals surface area contributed by atoms with E-state index in [2.05, 4.69) is 0 Å². The van der Waals surface area contributed by atoms with Gasteiger partial charge in [-0.05, 0) is 37.1 Å². The van der Waals surface area contributed by atoms with E-state index >= 15 is 0 Å². The molecule has 1 amide bonds. The lowest BCUT2D eigenvalue weighted by Gasteiger charge is -2.23. The first kappa shape index (κ1) is 13.5. The Labute approximate surface area is 123 Å². The van der Waals surface area contributed by atoms with Gasteiger partial charge in [-0.1, -0.05) is 6.07 Å². The van der Waals surface area contributed by atoms with Crippen molar-refractivity contribution in [2.24, 2.45) is 0 Å². The maximum atomic E-state index is 12.9. The SMILES string of the molecule is COc1cccc(N)c1C(=O)N(Cc1ccco1)C1CC1. The van der Waals surface area contributed by atoms with Crippen molar-refractivity contribution >= 4 is 11.6 Å². The summed E-state index contributed by atoms with van der Waals surface area (Å²) in [5.74, 6) is 1.16. The summed E-state index contributed by atoms with van der Waals surface area (Å²) in [4.78, 5) is 14.7. The number of methoxy groups -OCH3 is 1. The molecule has 1 aliphatic carbocycles. The highest BCUT2D eigenvalue weighted by molar-refractivity contribution is 6.02. The Kier molecular flexibility index (Phi) is 3.56. The zero-order chi connectivity index (χ0) is 14.8. The molecule has 2 aromatic rings.